The Bertz CT molecular complexity index is 929. The van der Waals surface area contributed by atoms with Crippen LogP contribution in [0.3, 0.4) is 0 Å². The first-order chi connectivity index (χ1) is 13.9. The fraction of sp³-hybridized carbons (Fsp3) is 0.529. The number of rotatable bonds is 6. The van der Waals surface area contributed by atoms with Gasteiger partial charge in [0.2, 0.25) is 5.60 Å². The van der Waals surface area contributed by atoms with Gasteiger partial charge >= 0.3 is 6.09 Å². The summed E-state index contributed by atoms with van der Waals surface area (Å²) in [5, 5.41) is 37.9. The van der Waals surface area contributed by atoms with Crippen molar-refractivity contribution < 1.29 is 24.5 Å². The van der Waals surface area contributed by atoms with E-state index in [1.807, 2.05) is 6.07 Å². The SMILES string of the molecule is CNCCN(C)C(=O)OC[C@H]1O[C@@](C#N)(c2ccc3c(N)ncnn23)[C@H](O)[C@@H]1O. The minimum atomic E-state index is -1.93. The summed E-state index contributed by atoms with van der Waals surface area (Å²) >= 11 is 0. The number of nitriles is 1. The summed E-state index contributed by atoms with van der Waals surface area (Å²) in [6, 6.07) is 5.02. The number of nitrogens with zero attached hydrogens (tertiary/aromatic N) is 5. The Morgan fingerprint density at radius 3 is 3.00 bits per heavy atom. The quantitative estimate of drug-likeness (QED) is 0.440. The second-order valence-corrected chi connectivity index (χ2v) is 6.70. The molecule has 1 saturated heterocycles. The molecule has 156 valence electrons. The molecule has 0 radical (unpaired) electrons. The van der Waals surface area contributed by atoms with Crippen molar-refractivity contribution in [3.05, 3.63) is 24.2 Å². The Hall–Kier alpha value is -2.98. The van der Waals surface area contributed by atoms with Gasteiger partial charge in [0.15, 0.2) is 5.82 Å². The van der Waals surface area contributed by atoms with Crippen LogP contribution in [0.5, 0.6) is 0 Å². The van der Waals surface area contributed by atoms with E-state index in [0.29, 0.717) is 18.6 Å². The lowest BCUT2D eigenvalue weighted by atomic mass is 9.92. The number of ether oxygens (including phenoxy) is 2. The highest BCUT2D eigenvalue weighted by Gasteiger charge is 2.57. The number of carbonyl (C=O) groups excluding carboxylic acids is 1. The Labute approximate surface area is 166 Å². The Morgan fingerprint density at radius 1 is 1.55 bits per heavy atom. The fourth-order valence-corrected chi connectivity index (χ4v) is 3.18. The number of anilines is 1. The van der Waals surface area contributed by atoms with Crippen LogP contribution < -0.4 is 11.1 Å². The molecule has 29 heavy (non-hydrogen) atoms. The molecule has 0 aliphatic carbocycles. The average molecular weight is 405 g/mol. The van der Waals surface area contributed by atoms with E-state index in [4.69, 9.17) is 15.2 Å². The first-order valence-corrected chi connectivity index (χ1v) is 8.92. The maximum Gasteiger partial charge on any atom is 0.409 e. The standard InChI is InChI=1S/C17H23N7O5/c1-20-5-6-23(2)16(27)28-7-11-13(25)14(26)17(8-18,29-11)12-4-3-10-15(19)21-9-22-24(10)12/h3-4,9,11,13-14,20,25-26H,5-7H2,1-2H3,(H2,19,21,22)/t11-,13-,14-,17+/m1/s1. The smallest absolute Gasteiger partial charge is 0.409 e. The lowest BCUT2D eigenvalue weighted by Crippen LogP contribution is -2.41. The first kappa shape index (κ1) is 20.7. The van der Waals surface area contributed by atoms with Gasteiger partial charge in [-0.05, 0) is 19.2 Å². The van der Waals surface area contributed by atoms with Crippen molar-refractivity contribution in [1.29, 1.82) is 5.26 Å². The molecule has 0 aromatic carbocycles. The molecule has 12 nitrogen and oxygen atoms in total. The number of nitrogens with two attached hydrogens (primary N) is 1. The second kappa shape index (κ2) is 8.18. The third kappa shape index (κ3) is 3.56. The fourth-order valence-electron chi connectivity index (χ4n) is 3.18. The molecule has 2 aromatic rings. The molecule has 3 heterocycles. The normalized spacial score (nSPS) is 26.4. The summed E-state index contributed by atoms with van der Waals surface area (Å²) in [6.07, 6.45) is -3.60. The summed E-state index contributed by atoms with van der Waals surface area (Å²) in [7, 11) is 3.32. The molecule has 1 amide bonds. The zero-order valence-corrected chi connectivity index (χ0v) is 16.0. The lowest BCUT2D eigenvalue weighted by molar-refractivity contribution is -0.0677. The van der Waals surface area contributed by atoms with Gasteiger partial charge in [-0.2, -0.15) is 10.4 Å². The van der Waals surface area contributed by atoms with Crippen LogP contribution in [-0.4, -0.2) is 87.9 Å². The number of amides is 1. The predicted molar refractivity (Wildman–Crippen MR) is 99.5 cm³/mol. The van der Waals surface area contributed by atoms with Crippen molar-refractivity contribution in [1.82, 2.24) is 24.8 Å². The van der Waals surface area contributed by atoms with Crippen LogP contribution in [0, 0.1) is 11.3 Å². The summed E-state index contributed by atoms with van der Waals surface area (Å²) in [5.74, 6) is 0.183. The summed E-state index contributed by atoms with van der Waals surface area (Å²) in [4.78, 5) is 17.3. The lowest BCUT2D eigenvalue weighted by Gasteiger charge is -2.24. The van der Waals surface area contributed by atoms with Gasteiger partial charge in [0.25, 0.3) is 0 Å². The van der Waals surface area contributed by atoms with Gasteiger partial charge in [0.1, 0.15) is 42.8 Å². The zero-order chi connectivity index (χ0) is 21.2. The van der Waals surface area contributed by atoms with Crippen molar-refractivity contribution in [2.45, 2.75) is 23.9 Å². The summed E-state index contributed by atoms with van der Waals surface area (Å²) in [6.45, 7) is 0.660. The molecule has 1 aliphatic heterocycles. The monoisotopic (exact) mass is 405 g/mol. The molecule has 2 aromatic heterocycles. The van der Waals surface area contributed by atoms with Crippen LogP contribution in [0.4, 0.5) is 10.6 Å². The van der Waals surface area contributed by atoms with E-state index in [0.717, 1.165) is 0 Å². The van der Waals surface area contributed by atoms with Crippen molar-refractivity contribution in [2.24, 2.45) is 0 Å². The van der Waals surface area contributed by atoms with Gasteiger partial charge in [-0.25, -0.2) is 14.3 Å². The van der Waals surface area contributed by atoms with Gasteiger partial charge in [-0.15, -0.1) is 0 Å². The van der Waals surface area contributed by atoms with E-state index in [-0.39, 0.29) is 18.1 Å². The van der Waals surface area contributed by atoms with E-state index in [1.54, 1.807) is 20.2 Å². The number of hydrogen-bond acceptors (Lipinski definition) is 10. The number of aliphatic hydroxyl groups is 2. The Balaban J connectivity index is 1.80. The maximum absolute atomic E-state index is 12.0. The molecular weight excluding hydrogens is 382 g/mol. The van der Waals surface area contributed by atoms with Gasteiger partial charge in [-0.1, -0.05) is 0 Å². The number of hydrogen-bond donors (Lipinski definition) is 4. The third-order valence-corrected chi connectivity index (χ3v) is 4.87. The minimum absolute atomic E-state index is 0.176. The third-order valence-electron chi connectivity index (χ3n) is 4.87. The van der Waals surface area contributed by atoms with E-state index >= 15 is 0 Å². The Kier molecular flexibility index (Phi) is 5.85. The minimum Gasteiger partial charge on any atom is -0.447 e. The molecule has 4 atom stereocenters. The van der Waals surface area contributed by atoms with Crippen LogP contribution in [0.2, 0.25) is 0 Å². The van der Waals surface area contributed by atoms with Gasteiger partial charge in [0.05, 0.1) is 5.69 Å². The largest absolute Gasteiger partial charge is 0.447 e. The number of fused-ring (bicyclic) bond motifs is 1. The van der Waals surface area contributed by atoms with E-state index in [2.05, 4.69) is 15.4 Å². The number of aliphatic hydroxyl groups excluding tert-OH is 2. The molecule has 12 heteroatoms. The number of aromatic nitrogens is 3. The molecule has 3 rings (SSSR count). The first-order valence-electron chi connectivity index (χ1n) is 8.92. The maximum atomic E-state index is 12.0. The summed E-state index contributed by atoms with van der Waals surface area (Å²) in [5.41, 5.74) is 4.48. The van der Waals surface area contributed by atoms with E-state index < -0.39 is 30.0 Å². The van der Waals surface area contributed by atoms with Gasteiger partial charge in [-0.3, -0.25) is 0 Å². The topological polar surface area (TPSA) is 171 Å². The van der Waals surface area contributed by atoms with Crippen LogP contribution in [0.1, 0.15) is 5.69 Å². The van der Waals surface area contributed by atoms with Crippen molar-refractivity contribution in [2.75, 3.05) is 39.5 Å². The van der Waals surface area contributed by atoms with Crippen LogP contribution in [-0.2, 0) is 15.1 Å². The highest BCUT2D eigenvalue weighted by atomic mass is 16.6. The van der Waals surface area contributed by atoms with Crippen molar-refractivity contribution >= 4 is 17.4 Å². The van der Waals surface area contributed by atoms with Crippen molar-refractivity contribution in [3.63, 3.8) is 0 Å². The zero-order valence-electron chi connectivity index (χ0n) is 16.0. The number of nitrogen functional groups attached to an aromatic ring is 1. The molecule has 0 unspecified atom stereocenters. The van der Waals surface area contributed by atoms with Crippen LogP contribution in [0.25, 0.3) is 5.52 Å². The second-order valence-electron chi connectivity index (χ2n) is 6.70. The molecule has 1 fully saturated rings. The highest BCUT2D eigenvalue weighted by Crippen LogP contribution is 2.40. The van der Waals surface area contributed by atoms with E-state index in [9.17, 15) is 20.3 Å². The van der Waals surface area contributed by atoms with Gasteiger partial charge < -0.3 is 35.6 Å². The molecule has 0 bridgehead atoms. The predicted octanol–water partition coefficient (Wildman–Crippen LogP) is -1.56. The van der Waals surface area contributed by atoms with Gasteiger partial charge in [0, 0.05) is 20.1 Å². The van der Waals surface area contributed by atoms with E-state index in [1.165, 1.54) is 21.8 Å². The molecule has 5 N–H and O–H groups in total. The van der Waals surface area contributed by atoms with Crippen molar-refractivity contribution in [3.8, 4) is 6.07 Å². The van der Waals surface area contributed by atoms with Crippen LogP contribution >= 0.6 is 0 Å². The number of carbonyl (C=O) groups is 1. The molecular formula is C17H23N7O5. The Morgan fingerprint density at radius 2 is 2.31 bits per heavy atom. The molecule has 1 aliphatic rings. The molecule has 0 saturated carbocycles. The number of nitrogens with one attached hydrogen (secondary N) is 1. The molecule has 0 spiro atoms. The summed E-state index contributed by atoms with van der Waals surface area (Å²) < 4.78 is 12.2. The van der Waals surface area contributed by atoms with Crippen LogP contribution in [0.15, 0.2) is 18.5 Å². The average Bonchev–Trinajstić information content (AvgIpc) is 3.26. The number of likely N-dealkylation sites (N-methyl/N-ethyl adjacent to an activating group) is 2. The highest BCUT2D eigenvalue weighted by molar-refractivity contribution is 5.67.